The van der Waals surface area contributed by atoms with Gasteiger partial charge in [-0.05, 0) is 35.1 Å². The summed E-state index contributed by atoms with van der Waals surface area (Å²) in [6, 6.07) is 15.5. The van der Waals surface area contributed by atoms with E-state index < -0.39 is 0 Å². The Morgan fingerprint density at radius 2 is 1.63 bits per heavy atom. The van der Waals surface area contributed by atoms with E-state index in [2.05, 4.69) is 72.6 Å². The fraction of sp³-hybridized carbons (Fsp3) is 0.375. The van der Waals surface area contributed by atoms with Crippen molar-refractivity contribution in [1.82, 2.24) is 4.90 Å². The molecule has 0 saturated carbocycles. The van der Waals surface area contributed by atoms with E-state index in [9.17, 15) is 0 Å². The Morgan fingerprint density at radius 1 is 0.947 bits per heavy atom. The van der Waals surface area contributed by atoms with Gasteiger partial charge in [0.25, 0.3) is 0 Å². The van der Waals surface area contributed by atoms with Gasteiger partial charge < -0.3 is 0 Å². The topological polar surface area (TPSA) is 3.24 Å². The summed E-state index contributed by atoms with van der Waals surface area (Å²) >= 11 is 8.79. The van der Waals surface area contributed by atoms with E-state index in [0.29, 0.717) is 5.92 Å². The zero-order valence-electron chi connectivity index (χ0n) is 10.9. The van der Waals surface area contributed by atoms with Gasteiger partial charge in [0.15, 0.2) is 0 Å². The van der Waals surface area contributed by atoms with E-state index in [4.69, 9.17) is 0 Å². The molecule has 1 saturated heterocycles. The van der Waals surface area contributed by atoms with Crippen LogP contribution in [0, 0.1) is 0 Å². The molecule has 0 radical (unpaired) electrons. The summed E-state index contributed by atoms with van der Waals surface area (Å²) in [6.07, 6.45) is 2.41. The zero-order valence-corrected chi connectivity index (χ0v) is 12.7. The molecule has 3 heteroatoms. The maximum absolute atomic E-state index is 4.40. The summed E-state index contributed by atoms with van der Waals surface area (Å²) in [6.45, 7) is 2.18. The van der Waals surface area contributed by atoms with Crippen LogP contribution in [0.5, 0.6) is 0 Å². The number of likely N-dealkylation sites (tertiary alicyclic amines) is 1. The quantitative estimate of drug-likeness (QED) is 0.620. The van der Waals surface area contributed by atoms with Crippen molar-refractivity contribution in [2.24, 2.45) is 0 Å². The predicted molar refractivity (Wildman–Crippen MR) is 89.3 cm³/mol. The number of thiol groups is 2. The number of benzene rings is 2. The number of hydrogen-bond acceptors (Lipinski definition) is 3. The van der Waals surface area contributed by atoms with Crippen molar-refractivity contribution >= 4 is 36.0 Å². The molecular weight excluding hydrogens is 270 g/mol. The van der Waals surface area contributed by atoms with Crippen molar-refractivity contribution in [2.75, 3.05) is 13.1 Å². The van der Waals surface area contributed by atoms with Gasteiger partial charge in [-0.15, -0.1) is 25.3 Å². The van der Waals surface area contributed by atoms with Crippen LogP contribution >= 0.6 is 25.3 Å². The van der Waals surface area contributed by atoms with E-state index >= 15 is 0 Å². The molecule has 0 bridgehead atoms. The minimum Gasteiger partial charge on any atom is -0.283 e. The summed E-state index contributed by atoms with van der Waals surface area (Å²) < 4.78 is 0.0811. The standard InChI is InChI=1S/C16H19NS2/c18-16(19)17-9-7-13(8-10-17)15-6-5-12-3-1-2-4-14(12)11-15/h1-6,11,13,16,18-19H,7-10H2. The van der Waals surface area contributed by atoms with Gasteiger partial charge in [-0.3, -0.25) is 4.90 Å². The van der Waals surface area contributed by atoms with E-state index in [1.54, 1.807) is 0 Å². The summed E-state index contributed by atoms with van der Waals surface area (Å²) in [5.74, 6) is 0.682. The van der Waals surface area contributed by atoms with Crippen molar-refractivity contribution in [3.8, 4) is 0 Å². The second-order valence-electron chi connectivity index (χ2n) is 5.26. The van der Waals surface area contributed by atoms with E-state index in [-0.39, 0.29) is 4.71 Å². The Kier molecular flexibility index (Phi) is 4.06. The lowest BCUT2D eigenvalue weighted by atomic mass is 9.88. The molecule has 1 aliphatic rings. The number of rotatable bonds is 2. The SMILES string of the molecule is SC(S)N1CCC(c2ccc3ccccc3c2)CC1. The molecule has 0 spiro atoms. The molecule has 0 N–H and O–H groups in total. The van der Waals surface area contributed by atoms with Gasteiger partial charge in [0, 0.05) is 13.1 Å². The Hall–Kier alpha value is -0.640. The Bertz CT molecular complexity index is 559. The van der Waals surface area contributed by atoms with E-state index in [1.807, 2.05) is 0 Å². The van der Waals surface area contributed by atoms with Crippen LogP contribution in [0.1, 0.15) is 24.3 Å². The minimum absolute atomic E-state index is 0.0811. The lowest BCUT2D eigenvalue weighted by Crippen LogP contribution is -2.35. The second kappa shape index (κ2) is 5.78. The highest BCUT2D eigenvalue weighted by atomic mass is 32.2. The number of piperidine rings is 1. The molecule has 0 atom stereocenters. The number of hydrogen-bond donors (Lipinski definition) is 2. The van der Waals surface area contributed by atoms with Gasteiger partial charge in [0.2, 0.25) is 0 Å². The Morgan fingerprint density at radius 3 is 2.32 bits per heavy atom. The third-order valence-corrected chi connectivity index (χ3v) is 4.75. The first-order chi connectivity index (χ1) is 9.24. The minimum atomic E-state index is 0.0811. The highest BCUT2D eigenvalue weighted by Gasteiger charge is 2.22. The molecule has 1 nitrogen and oxygen atoms in total. The van der Waals surface area contributed by atoms with Crippen LogP contribution in [-0.4, -0.2) is 22.7 Å². The van der Waals surface area contributed by atoms with E-state index in [1.165, 1.54) is 29.2 Å². The Labute approximate surface area is 125 Å². The van der Waals surface area contributed by atoms with Crippen LogP contribution in [0.4, 0.5) is 0 Å². The summed E-state index contributed by atoms with van der Waals surface area (Å²) in [7, 11) is 0. The molecule has 1 fully saturated rings. The second-order valence-corrected chi connectivity index (χ2v) is 6.65. The molecule has 0 amide bonds. The first-order valence-corrected chi connectivity index (χ1v) is 7.86. The summed E-state index contributed by atoms with van der Waals surface area (Å²) in [5.41, 5.74) is 1.48. The fourth-order valence-electron chi connectivity index (χ4n) is 2.93. The van der Waals surface area contributed by atoms with E-state index in [0.717, 1.165) is 13.1 Å². The average Bonchev–Trinajstić information content (AvgIpc) is 2.47. The van der Waals surface area contributed by atoms with Crippen LogP contribution in [-0.2, 0) is 0 Å². The van der Waals surface area contributed by atoms with Gasteiger partial charge in [0.05, 0.1) is 4.71 Å². The first-order valence-electron chi connectivity index (χ1n) is 6.83. The number of fused-ring (bicyclic) bond motifs is 1. The fourth-order valence-corrected chi connectivity index (χ4v) is 3.39. The molecule has 0 aromatic heterocycles. The van der Waals surface area contributed by atoms with Crippen molar-refractivity contribution < 1.29 is 0 Å². The predicted octanol–water partition coefficient (Wildman–Crippen LogP) is 4.16. The van der Waals surface area contributed by atoms with Crippen LogP contribution in [0.15, 0.2) is 42.5 Å². The van der Waals surface area contributed by atoms with Crippen LogP contribution < -0.4 is 0 Å². The molecule has 100 valence electrons. The summed E-state index contributed by atoms with van der Waals surface area (Å²) in [5, 5.41) is 2.68. The molecule has 2 aromatic carbocycles. The highest BCUT2D eigenvalue weighted by molar-refractivity contribution is 7.99. The third-order valence-electron chi connectivity index (χ3n) is 4.10. The highest BCUT2D eigenvalue weighted by Crippen LogP contribution is 2.31. The van der Waals surface area contributed by atoms with Gasteiger partial charge in [0.1, 0.15) is 0 Å². The first kappa shape index (κ1) is 13.3. The molecule has 19 heavy (non-hydrogen) atoms. The third kappa shape index (κ3) is 2.93. The number of nitrogens with zero attached hydrogens (tertiary/aromatic N) is 1. The van der Waals surface area contributed by atoms with Gasteiger partial charge in [-0.25, -0.2) is 0 Å². The normalized spacial score (nSPS) is 18.3. The lowest BCUT2D eigenvalue weighted by molar-refractivity contribution is 0.235. The molecule has 0 aliphatic carbocycles. The van der Waals surface area contributed by atoms with Crippen molar-refractivity contribution in [3.63, 3.8) is 0 Å². The van der Waals surface area contributed by atoms with Gasteiger partial charge >= 0.3 is 0 Å². The summed E-state index contributed by atoms with van der Waals surface area (Å²) in [4.78, 5) is 2.32. The average molecular weight is 289 g/mol. The maximum atomic E-state index is 4.40. The van der Waals surface area contributed by atoms with Crippen LogP contribution in [0.2, 0.25) is 0 Å². The molecule has 3 rings (SSSR count). The largest absolute Gasteiger partial charge is 0.283 e. The van der Waals surface area contributed by atoms with Gasteiger partial charge in [-0.2, -0.15) is 0 Å². The lowest BCUT2D eigenvalue weighted by Gasteiger charge is -2.33. The molecule has 1 aliphatic heterocycles. The van der Waals surface area contributed by atoms with Crippen LogP contribution in [0.25, 0.3) is 10.8 Å². The molecule has 2 aromatic rings. The Balaban J connectivity index is 1.78. The molecule has 0 unspecified atom stereocenters. The van der Waals surface area contributed by atoms with Crippen molar-refractivity contribution in [3.05, 3.63) is 48.0 Å². The van der Waals surface area contributed by atoms with Crippen molar-refractivity contribution in [2.45, 2.75) is 23.5 Å². The molecule has 1 heterocycles. The zero-order chi connectivity index (χ0) is 13.2. The monoisotopic (exact) mass is 289 g/mol. The van der Waals surface area contributed by atoms with Crippen molar-refractivity contribution in [1.29, 1.82) is 0 Å². The molecular formula is C16H19NS2. The smallest absolute Gasteiger partial charge is 0.0969 e. The maximum Gasteiger partial charge on any atom is 0.0969 e. The van der Waals surface area contributed by atoms with Crippen LogP contribution in [0.3, 0.4) is 0 Å². The van der Waals surface area contributed by atoms with Gasteiger partial charge in [-0.1, -0.05) is 42.5 Å².